The molecule has 0 bridgehead atoms. The molecule has 1 aromatic carbocycles. The molecule has 4 rings (SSSR count). The van der Waals surface area contributed by atoms with E-state index in [9.17, 15) is 4.79 Å². The maximum absolute atomic E-state index is 12.1. The first-order valence-electron chi connectivity index (χ1n) is 9.39. The quantitative estimate of drug-likeness (QED) is 0.520. The van der Waals surface area contributed by atoms with Gasteiger partial charge in [0.05, 0.1) is 5.69 Å². The van der Waals surface area contributed by atoms with Gasteiger partial charge in [-0.25, -0.2) is 4.68 Å². The Morgan fingerprint density at radius 3 is 2.27 bits per heavy atom. The third-order valence-corrected chi connectivity index (χ3v) is 4.80. The zero-order valence-electron chi connectivity index (χ0n) is 17.1. The lowest BCUT2D eigenvalue weighted by Gasteiger charge is -2.08. The molecule has 0 aliphatic carbocycles. The largest absolute Gasteiger partial charge is 0.361 e. The normalized spacial score (nSPS) is 10.8. The summed E-state index contributed by atoms with van der Waals surface area (Å²) >= 11 is 0. The number of aromatic nitrogens is 5. The summed E-state index contributed by atoms with van der Waals surface area (Å²) in [6.07, 6.45) is 0. The van der Waals surface area contributed by atoms with E-state index >= 15 is 0 Å². The molecular weight excluding hydrogens is 382 g/mol. The molecule has 0 radical (unpaired) electrons. The number of amides is 1. The predicted octanol–water partition coefficient (Wildman–Crippen LogP) is 3.88. The maximum atomic E-state index is 12.1. The first-order chi connectivity index (χ1) is 14.4. The second-order valence-corrected chi connectivity index (χ2v) is 6.96. The molecule has 0 atom stereocenters. The summed E-state index contributed by atoms with van der Waals surface area (Å²) in [6, 6.07) is 12.5. The number of nitrogens with one attached hydrogen (secondary N) is 2. The van der Waals surface area contributed by atoms with Crippen molar-refractivity contribution in [2.45, 2.75) is 27.7 Å². The van der Waals surface area contributed by atoms with Crippen molar-refractivity contribution < 1.29 is 9.32 Å². The number of carbonyl (C=O) groups excluding carboxylic acids is 1. The smallest absolute Gasteiger partial charge is 0.277 e. The van der Waals surface area contributed by atoms with Crippen LogP contribution in [0.2, 0.25) is 0 Å². The highest BCUT2D eigenvalue weighted by Crippen LogP contribution is 2.19. The van der Waals surface area contributed by atoms with Gasteiger partial charge in [-0.3, -0.25) is 4.79 Å². The summed E-state index contributed by atoms with van der Waals surface area (Å²) < 4.78 is 6.71. The Bertz CT molecular complexity index is 1190. The number of rotatable bonds is 5. The van der Waals surface area contributed by atoms with E-state index in [-0.39, 0.29) is 11.6 Å². The van der Waals surface area contributed by atoms with Gasteiger partial charge in [-0.2, -0.15) is 5.10 Å². The van der Waals surface area contributed by atoms with Crippen LogP contribution in [0.3, 0.4) is 0 Å². The highest BCUT2D eigenvalue weighted by molar-refractivity contribution is 6.02. The molecule has 0 aliphatic rings. The molecule has 0 aliphatic heterocycles. The minimum Gasteiger partial charge on any atom is -0.361 e. The number of carbonyl (C=O) groups is 1. The van der Waals surface area contributed by atoms with Gasteiger partial charge in [0, 0.05) is 23.1 Å². The Hall–Kier alpha value is -4.01. The van der Waals surface area contributed by atoms with Crippen LogP contribution in [0.1, 0.15) is 33.2 Å². The Kier molecular flexibility index (Phi) is 5.01. The van der Waals surface area contributed by atoms with Crippen molar-refractivity contribution in [1.82, 2.24) is 25.1 Å². The zero-order valence-corrected chi connectivity index (χ0v) is 17.1. The molecule has 30 heavy (non-hydrogen) atoms. The molecule has 9 nitrogen and oxygen atoms in total. The third kappa shape index (κ3) is 3.90. The van der Waals surface area contributed by atoms with Crippen molar-refractivity contribution in [3.63, 3.8) is 0 Å². The molecule has 2 N–H and O–H groups in total. The standard InChI is InChI=1S/C21H21N7O2/c1-12-11-18(27-30-12)21(29)23-17-7-5-16(6-8-17)22-19-9-10-20(25-24-19)28-15(4)13(2)14(3)26-28/h5-11H,1-4H3,(H,22,24)(H,23,29). The number of hydrogen-bond acceptors (Lipinski definition) is 7. The van der Waals surface area contributed by atoms with Crippen LogP contribution in [0.25, 0.3) is 5.82 Å². The zero-order chi connectivity index (χ0) is 21.3. The Morgan fingerprint density at radius 2 is 1.70 bits per heavy atom. The molecular formula is C21H21N7O2. The summed E-state index contributed by atoms with van der Waals surface area (Å²) in [5.74, 6) is 1.52. The molecule has 3 aromatic heterocycles. The van der Waals surface area contributed by atoms with Gasteiger partial charge in [-0.05, 0) is 69.7 Å². The van der Waals surface area contributed by atoms with Gasteiger partial charge in [0.2, 0.25) is 0 Å². The second-order valence-electron chi connectivity index (χ2n) is 6.96. The average Bonchev–Trinajstić information content (AvgIpc) is 3.29. The van der Waals surface area contributed by atoms with Crippen LogP contribution in [0.4, 0.5) is 17.2 Å². The predicted molar refractivity (Wildman–Crippen MR) is 112 cm³/mol. The molecule has 4 aromatic rings. The first kappa shape index (κ1) is 19.3. The van der Waals surface area contributed by atoms with E-state index in [4.69, 9.17) is 4.52 Å². The molecule has 0 fully saturated rings. The van der Waals surface area contributed by atoms with Crippen molar-refractivity contribution in [2.24, 2.45) is 0 Å². The monoisotopic (exact) mass is 403 g/mol. The molecule has 152 valence electrons. The van der Waals surface area contributed by atoms with Crippen LogP contribution >= 0.6 is 0 Å². The topological polar surface area (TPSA) is 111 Å². The Balaban J connectivity index is 1.42. The van der Waals surface area contributed by atoms with Crippen molar-refractivity contribution in [1.29, 1.82) is 0 Å². The summed E-state index contributed by atoms with van der Waals surface area (Å²) in [4.78, 5) is 12.1. The molecule has 0 saturated heterocycles. The van der Waals surface area contributed by atoms with E-state index in [0.717, 1.165) is 22.6 Å². The minimum absolute atomic E-state index is 0.239. The fourth-order valence-corrected chi connectivity index (χ4v) is 2.90. The van der Waals surface area contributed by atoms with Gasteiger partial charge in [0.25, 0.3) is 5.91 Å². The van der Waals surface area contributed by atoms with Crippen LogP contribution in [-0.4, -0.2) is 31.0 Å². The lowest BCUT2D eigenvalue weighted by molar-refractivity contribution is 0.101. The fourth-order valence-electron chi connectivity index (χ4n) is 2.90. The van der Waals surface area contributed by atoms with Crippen molar-refractivity contribution in [3.05, 3.63) is 70.9 Å². The number of aryl methyl sites for hydroxylation is 2. The molecule has 3 heterocycles. The fraction of sp³-hybridized carbons (Fsp3) is 0.190. The molecule has 1 amide bonds. The van der Waals surface area contributed by atoms with Gasteiger partial charge in [0.1, 0.15) is 5.76 Å². The summed E-state index contributed by atoms with van der Waals surface area (Å²) in [6.45, 7) is 7.75. The molecule has 0 unspecified atom stereocenters. The number of hydrogen-bond donors (Lipinski definition) is 2. The second kappa shape index (κ2) is 7.78. The molecule has 9 heteroatoms. The van der Waals surface area contributed by atoms with Crippen LogP contribution in [0.5, 0.6) is 0 Å². The SMILES string of the molecule is Cc1cc(C(=O)Nc2ccc(Nc3ccc(-n4nc(C)c(C)c4C)nn3)cc2)no1. The highest BCUT2D eigenvalue weighted by atomic mass is 16.5. The minimum atomic E-state index is -0.326. The van der Waals surface area contributed by atoms with Crippen LogP contribution in [0.15, 0.2) is 47.0 Å². The lowest BCUT2D eigenvalue weighted by atomic mass is 10.2. The maximum Gasteiger partial charge on any atom is 0.277 e. The van der Waals surface area contributed by atoms with E-state index in [1.54, 1.807) is 29.8 Å². The summed E-state index contributed by atoms with van der Waals surface area (Å²) in [5.41, 5.74) is 4.86. The molecule has 0 spiro atoms. The van der Waals surface area contributed by atoms with E-state index in [1.165, 1.54) is 0 Å². The van der Waals surface area contributed by atoms with Gasteiger partial charge in [-0.15, -0.1) is 10.2 Å². The summed E-state index contributed by atoms with van der Waals surface area (Å²) in [5, 5.41) is 22.7. The van der Waals surface area contributed by atoms with Crippen molar-refractivity contribution in [2.75, 3.05) is 10.6 Å². The van der Waals surface area contributed by atoms with Gasteiger partial charge < -0.3 is 15.2 Å². The van der Waals surface area contributed by atoms with E-state index in [1.807, 2.05) is 45.0 Å². The van der Waals surface area contributed by atoms with E-state index in [0.29, 0.717) is 23.1 Å². The Labute approximate surface area is 173 Å². The first-order valence-corrected chi connectivity index (χ1v) is 9.39. The highest BCUT2D eigenvalue weighted by Gasteiger charge is 2.12. The third-order valence-electron chi connectivity index (χ3n) is 4.80. The summed E-state index contributed by atoms with van der Waals surface area (Å²) in [7, 11) is 0. The van der Waals surface area contributed by atoms with E-state index in [2.05, 4.69) is 31.1 Å². The lowest BCUT2D eigenvalue weighted by Crippen LogP contribution is -2.12. The van der Waals surface area contributed by atoms with Gasteiger partial charge in [-0.1, -0.05) is 5.16 Å². The number of anilines is 3. The van der Waals surface area contributed by atoms with Crippen LogP contribution in [-0.2, 0) is 0 Å². The molecule has 0 saturated carbocycles. The van der Waals surface area contributed by atoms with E-state index < -0.39 is 0 Å². The van der Waals surface area contributed by atoms with Crippen LogP contribution in [0, 0.1) is 27.7 Å². The van der Waals surface area contributed by atoms with Gasteiger partial charge in [0.15, 0.2) is 17.3 Å². The Morgan fingerprint density at radius 1 is 0.967 bits per heavy atom. The number of benzene rings is 1. The number of nitrogens with zero attached hydrogens (tertiary/aromatic N) is 5. The van der Waals surface area contributed by atoms with Crippen molar-refractivity contribution in [3.8, 4) is 5.82 Å². The van der Waals surface area contributed by atoms with Crippen molar-refractivity contribution >= 4 is 23.1 Å². The average molecular weight is 403 g/mol. The van der Waals surface area contributed by atoms with Gasteiger partial charge >= 0.3 is 0 Å². The van der Waals surface area contributed by atoms with Crippen LogP contribution < -0.4 is 10.6 Å².